The van der Waals surface area contributed by atoms with Crippen LogP contribution in [0.15, 0.2) is 30.3 Å². The van der Waals surface area contributed by atoms with Gasteiger partial charge in [0.15, 0.2) is 5.78 Å². The van der Waals surface area contributed by atoms with Gasteiger partial charge in [0.2, 0.25) is 0 Å². The number of ether oxygens (including phenoxy) is 2. The Morgan fingerprint density at radius 1 is 1.16 bits per heavy atom. The molecule has 5 heteroatoms. The van der Waals surface area contributed by atoms with Crippen molar-refractivity contribution in [2.24, 2.45) is 5.92 Å². The first kappa shape index (κ1) is 18.1. The number of benzene rings is 1. The molecule has 0 amide bonds. The summed E-state index contributed by atoms with van der Waals surface area (Å²) in [5, 5.41) is 3.09. The topological polar surface area (TPSA) is 64.6 Å². The summed E-state index contributed by atoms with van der Waals surface area (Å²) < 4.78 is 10.9. The molecule has 25 heavy (non-hydrogen) atoms. The molecule has 1 saturated heterocycles. The summed E-state index contributed by atoms with van der Waals surface area (Å²) in [6.07, 6.45) is 4.47. The van der Waals surface area contributed by atoms with Crippen LogP contribution in [0.25, 0.3) is 0 Å². The van der Waals surface area contributed by atoms with E-state index in [0.29, 0.717) is 25.7 Å². The molecular weight excluding hydrogens is 318 g/mol. The van der Waals surface area contributed by atoms with Gasteiger partial charge in [0.25, 0.3) is 0 Å². The number of ketones is 1. The lowest BCUT2D eigenvalue weighted by molar-refractivity contribution is -0.150. The third-order valence-electron chi connectivity index (χ3n) is 5.27. The van der Waals surface area contributed by atoms with Crippen LogP contribution in [0, 0.1) is 5.92 Å². The molecule has 1 saturated carbocycles. The standard InChI is InChI=1S/C20H27NO4/c1-2-24-20(23)17-12-21-18(19(17)22)13-25-16-10-8-15(9-11-16)14-6-4-3-5-7-14/h3-7,15-18,21H,2,8-13H2,1H3. The number of hydrogen-bond donors (Lipinski definition) is 1. The quantitative estimate of drug-likeness (QED) is 0.634. The molecule has 1 heterocycles. The Kier molecular flexibility index (Phi) is 6.21. The molecular formula is C20H27NO4. The number of Topliss-reactive ketones (excluding diaryl/α,β-unsaturated/α-hetero) is 1. The van der Waals surface area contributed by atoms with E-state index in [2.05, 4.69) is 29.6 Å². The maximum Gasteiger partial charge on any atom is 0.317 e. The van der Waals surface area contributed by atoms with Crippen LogP contribution in [0.3, 0.4) is 0 Å². The highest BCUT2D eigenvalue weighted by Gasteiger charge is 2.40. The summed E-state index contributed by atoms with van der Waals surface area (Å²) in [5.74, 6) is -0.592. The van der Waals surface area contributed by atoms with Gasteiger partial charge in [0, 0.05) is 6.54 Å². The van der Waals surface area contributed by atoms with Crippen LogP contribution in [-0.4, -0.2) is 43.7 Å². The molecule has 2 atom stereocenters. The van der Waals surface area contributed by atoms with E-state index in [-0.39, 0.29) is 17.9 Å². The number of carbonyl (C=O) groups excluding carboxylic acids is 2. The first-order chi connectivity index (χ1) is 12.2. The van der Waals surface area contributed by atoms with Gasteiger partial charge in [-0.15, -0.1) is 0 Å². The minimum absolute atomic E-state index is 0.101. The number of carbonyl (C=O) groups is 2. The van der Waals surface area contributed by atoms with Crippen molar-refractivity contribution in [2.45, 2.75) is 50.7 Å². The van der Waals surface area contributed by atoms with Gasteiger partial charge in [0.1, 0.15) is 5.92 Å². The fraction of sp³-hybridized carbons (Fsp3) is 0.600. The first-order valence-corrected chi connectivity index (χ1v) is 9.29. The number of nitrogens with one attached hydrogen (secondary N) is 1. The van der Waals surface area contributed by atoms with E-state index in [1.807, 2.05) is 6.07 Å². The summed E-state index contributed by atoms with van der Waals surface area (Å²) in [7, 11) is 0. The monoisotopic (exact) mass is 345 g/mol. The largest absolute Gasteiger partial charge is 0.465 e. The zero-order valence-electron chi connectivity index (χ0n) is 14.8. The van der Waals surface area contributed by atoms with Gasteiger partial charge in [-0.2, -0.15) is 0 Å². The van der Waals surface area contributed by atoms with Gasteiger partial charge in [-0.05, 0) is 44.1 Å². The van der Waals surface area contributed by atoms with Crippen molar-refractivity contribution in [3.05, 3.63) is 35.9 Å². The molecule has 1 aromatic carbocycles. The third kappa shape index (κ3) is 4.47. The highest BCUT2D eigenvalue weighted by Crippen LogP contribution is 2.34. The maximum atomic E-state index is 12.3. The third-order valence-corrected chi connectivity index (χ3v) is 5.27. The van der Waals surface area contributed by atoms with Gasteiger partial charge < -0.3 is 14.8 Å². The van der Waals surface area contributed by atoms with Crippen LogP contribution < -0.4 is 5.32 Å². The van der Waals surface area contributed by atoms with Crippen molar-refractivity contribution in [1.82, 2.24) is 5.32 Å². The van der Waals surface area contributed by atoms with Gasteiger partial charge in [-0.3, -0.25) is 9.59 Å². The van der Waals surface area contributed by atoms with Crippen LogP contribution in [-0.2, 0) is 19.1 Å². The van der Waals surface area contributed by atoms with E-state index in [1.165, 1.54) is 5.56 Å². The summed E-state index contributed by atoms with van der Waals surface area (Å²) in [4.78, 5) is 24.0. The number of esters is 1. The molecule has 2 unspecified atom stereocenters. The molecule has 0 bridgehead atoms. The molecule has 5 nitrogen and oxygen atoms in total. The molecule has 1 aliphatic heterocycles. The second-order valence-electron chi connectivity index (χ2n) is 6.89. The molecule has 1 aliphatic carbocycles. The van der Waals surface area contributed by atoms with Gasteiger partial charge in [0.05, 0.1) is 25.4 Å². The Balaban J connectivity index is 1.42. The molecule has 0 radical (unpaired) electrons. The van der Waals surface area contributed by atoms with E-state index in [9.17, 15) is 9.59 Å². The molecule has 1 aromatic rings. The Morgan fingerprint density at radius 2 is 1.88 bits per heavy atom. The normalized spacial score (nSPS) is 29.6. The van der Waals surface area contributed by atoms with Crippen molar-refractivity contribution in [2.75, 3.05) is 19.8 Å². The van der Waals surface area contributed by atoms with E-state index >= 15 is 0 Å². The Labute approximate surface area is 149 Å². The van der Waals surface area contributed by atoms with Gasteiger partial charge in [-0.1, -0.05) is 30.3 Å². The first-order valence-electron chi connectivity index (χ1n) is 9.29. The summed E-state index contributed by atoms with van der Waals surface area (Å²) in [6.45, 7) is 2.74. The molecule has 0 aromatic heterocycles. The molecule has 2 aliphatic rings. The van der Waals surface area contributed by atoms with E-state index in [0.717, 1.165) is 25.7 Å². The average Bonchev–Trinajstić information content (AvgIpc) is 3.02. The summed E-state index contributed by atoms with van der Waals surface area (Å²) in [6, 6.07) is 10.2. The molecule has 2 fully saturated rings. The fourth-order valence-electron chi connectivity index (χ4n) is 3.81. The zero-order chi connectivity index (χ0) is 17.6. The summed E-state index contributed by atoms with van der Waals surface area (Å²) >= 11 is 0. The predicted molar refractivity (Wildman–Crippen MR) is 94.3 cm³/mol. The minimum Gasteiger partial charge on any atom is -0.465 e. The Hall–Kier alpha value is -1.72. The van der Waals surface area contributed by atoms with Gasteiger partial charge >= 0.3 is 5.97 Å². The maximum absolute atomic E-state index is 12.3. The zero-order valence-corrected chi connectivity index (χ0v) is 14.8. The second-order valence-corrected chi connectivity index (χ2v) is 6.89. The van der Waals surface area contributed by atoms with Crippen LogP contribution in [0.5, 0.6) is 0 Å². The predicted octanol–water partition coefficient (Wildman–Crippen LogP) is 2.45. The second kappa shape index (κ2) is 8.59. The molecule has 0 spiro atoms. The Morgan fingerprint density at radius 3 is 2.56 bits per heavy atom. The van der Waals surface area contributed by atoms with Gasteiger partial charge in [-0.25, -0.2) is 0 Å². The van der Waals surface area contributed by atoms with E-state index in [1.54, 1.807) is 6.92 Å². The molecule has 136 valence electrons. The van der Waals surface area contributed by atoms with Crippen LogP contribution in [0.4, 0.5) is 0 Å². The average molecular weight is 345 g/mol. The van der Waals surface area contributed by atoms with Crippen molar-refractivity contribution in [3.63, 3.8) is 0 Å². The van der Waals surface area contributed by atoms with E-state index < -0.39 is 11.9 Å². The van der Waals surface area contributed by atoms with Crippen molar-refractivity contribution in [1.29, 1.82) is 0 Å². The fourth-order valence-corrected chi connectivity index (χ4v) is 3.81. The SMILES string of the molecule is CCOC(=O)C1CNC(COC2CCC(c3ccccc3)CC2)C1=O. The van der Waals surface area contributed by atoms with Crippen LogP contribution >= 0.6 is 0 Å². The van der Waals surface area contributed by atoms with Crippen molar-refractivity contribution < 1.29 is 19.1 Å². The lowest BCUT2D eigenvalue weighted by Gasteiger charge is -2.29. The van der Waals surface area contributed by atoms with Crippen molar-refractivity contribution in [3.8, 4) is 0 Å². The minimum atomic E-state index is -0.678. The smallest absolute Gasteiger partial charge is 0.317 e. The lowest BCUT2D eigenvalue weighted by atomic mass is 9.83. The van der Waals surface area contributed by atoms with Crippen molar-refractivity contribution >= 4 is 11.8 Å². The van der Waals surface area contributed by atoms with Crippen LogP contribution in [0.1, 0.15) is 44.1 Å². The highest BCUT2D eigenvalue weighted by molar-refractivity contribution is 6.03. The molecule has 3 rings (SSSR count). The summed E-state index contributed by atoms with van der Waals surface area (Å²) in [5.41, 5.74) is 1.41. The molecule has 1 N–H and O–H groups in total. The van der Waals surface area contributed by atoms with Crippen LogP contribution in [0.2, 0.25) is 0 Å². The number of rotatable bonds is 6. The Bertz CT molecular complexity index is 581. The van der Waals surface area contributed by atoms with E-state index in [4.69, 9.17) is 9.47 Å². The number of hydrogen-bond acceptors (Lipinski definition) is 5. The lowest BCUT2D eigenvalue weighted by Crippen LogP contribution is -2.36. The highest BCUT2D eigenvalue weighted by atomic mass is 16.5.